The van der Waals surface area contributed by atoms with Crippen LogP contribution in [0.3, 0.4) is 0 Å². The van der Waals surface area contributed by atoms with Crippen LogP contribution in [0.5, 0.6) is 0 Å². The van der Waals surface area contributed by atoms with Crippen LogP contribution in [0.15, 0.2) is 54.6 Å². The lowest BCUT2D eigenvalue weighted by Crippen LogP contribution is -2.37. The molecule has 0 heterocycles. The van der Waals surface area contributed by atoms with Gasteiger partial charge in [-0.05, 0) is 24.1 Å². The zero-order valence-corrected chi connectivity index (χ0v) is 12.9. The molecule has 0 atom stereocenters. The molecule has 7 nitrogen and oxygen atoms in total. The molecule has 0 unspecified atom stereocenters. The Hall–Kier alpha value is -3.22. The van der Waals surface area contributed by atoms with Gasteiger partial charge in [-0.15, -0.1) is 0 Å². The molecule has 0 spiro atoms. The first-order valence-electron chi connectivity index (χ1n) is 7.39. The molecule has 0 fully saturated rings. The molecule has 0 radical (unpaired) electrons. The Morgan fingerprint density at radius 1 is 0.958 bits per heavy atom. The highest BCUT2D eigenvalue weighted by Crippen LogP contribution is 2.11. The van der Waals surface area contributed by atoms with Crippen LogP contribution in [0, 0.1) is 10.1 Å². The van der Waals surface area contributed by atoms with Crippen LogP contribution in [0.4, 0.5) is 5.69 Å². The SMILES string of the molecule is O=C(CNC(=O)c1ccccc1)NCCc1ccc([N+](=O)[O-])cc1. The number of amides is 2. The molecule has 2 amide bonds. The highest BCUT2D eigenvalue weighted by molar-refractivity contribution is 5.96. The number of hydrogen-bond acceptors (Lipinski definition) is 4. The Bertz CT molecular complexity index is 714. The summed E-state index contributed by atoms with van der Waals surface area (Å²) in [4.78, 5) is 33.6. The van der Waals surface area contributed by atoms with Crippen LogP contribution >= 0.6 is 0 Å². The normalized spacial score (nSPS) is 10.0. The summed E-state index contributed by atoms with van der Waals surface area (Å²) >= 11 is 0. The van der Waals surface area contributed by atoms with Gasteiger partial charge in [0.25, 0.3) is 11.6 Å². The minimum atomic E-state index is -0.457. The van der Waals surface area contributed by atoms with Crippen molar-refractivity contribution < 1.29 is 14.5 Å². The predicted octanol–water partition coefficient (Wildman–Crippen LogP) is 1.68. The average molecular weight is 327 g/mol. The molecule has 0 aliphatic heterocycles. The smallest absolute Gasteiger partial charge is 0.269 e. The van der Waals surface area contributed by atoms with Gasteiger partial charge < -0.3 is 10.6 Å². The van der Waals surface area contributed by atoms with Gasteiger partial charge in [0.15, 0.2) is 0 Å². The van der Waals surface area contributed by atoms with E-state index < -0.39 is 4.92 Å². The van der Waals surface area contributed by atoms with Crippen molar-refractivity contribution in [2.45, 2.75) is 6.42 Å². The second kappa shape index (κ2) is 8.42. The number of nitro groups is 1. The van der Waals surface area contributed by atoms with Crippen LogP contribution in [-0.4, -0.2) is 29.8 Å². The van der Waals surface area contributed by atoms with E-state index in [-0.39, 0.29) is 24.0 Å². The van der Waals surface area contributed by atoms with Gasteiger partial charge in [0.1, 0.15) is 0 Å². The second-order valence-electron chi connectivity index (χ2n) is 5.07. The lowest BCUT2D eigenvalue weighted by atomic mass is 10.1. The maximum absolute atomic E-state index is 11.8. The van der Waals surface area contributed by atoms with Crippen LogP contribution in [0.2, 0.25) is 0 Å². The molecule has 2 N–H and O–H groups in total. The minimum absolute atomic E-state index is 0.0337. The van der Waals surface area contributed by atoms with Crippen molar-refractivity contribution in [2.75, 3.05) is 13.1 Å². The number of nitrogens with zero attached hydrogens (tertiary/aromatic N) is 1. The fraction of sp³-hybridized carbons (Fsp3) is 0.176. The molecule has 7 heteroatoms. The van der Waals surface area contributed by atoms with Crippen molar-refractivity contribution in [1.29, 1.82) is 0 Å². The van der Waals surface area contributed by atoms with Crippen molar-refractivity contribution in [3.63, 3.8) is 0 Å². The van der Waals surface area contributed by atoms with Gasteiger partial charge in [-0.1, -0.05) is 30.3 Å². The van der Waals surface area contributed by atoms with Crippen molar-refractivity contribution in [2.24, 2.45) is 0 Å². The third kappa shape index (κ3) is 5.20. The minimum Gasteiger partial charge on any atom is -0.354 e. The van der Waals surface area contributed by atoms with E-state index in [2.05, 4.69) is 10.6 Å². The Morgan fingerprint density at radius 3 is 2.25 bits per heavy atom. The summed E-state index contributed by atoms with van der Waals surface area (Å²) in [6, 6.07) is 14.8. The van der Waals surface area contributed by atoms with Gasteiger partial charge in [0, 0.05) is 24.2 Å². The van der Waals surface area contributed by atoms with E-state index in [9.17, 15) is 19.7 Å². The standard InChI is InChI=1S/C17H17N3O4/c21-16(12-19-17(22)14-4-2-1-3-5-14)18-11-10-13-6-8-15(9-7-13)20(23)24/h1-9H,10-12H2,(H,18,21)(H,19,22). The number of nitro benzene ring substituents is 1. The topological polar surface area (TPSA) is 101 Å². The summed E-state index contributed by atoms with van der Waals surface area (Å²) in [5, 5.41) is 15.8. The first kappa shape index (κ1) is 17.1. The van der Waals surface area contributed by atoms with E-state index in [0.717, 1.165) is 5.56 Å². The quantitative estimate of drug-likeness (QED) is 0.597. The van der Waals surface area contributed by atoms with Gasteiger partial charge in [0.2, 0.25) is 5.91 Å². The third-order valence-electron chi connectivity index (χ3n) is 3.33. The number of hydrogen-bond donors (Lipinski definition) is 2. The van der Waals surface area contributed by atoms with Gasteiger partial charge in [-0.3, -0.25) is 19.7 Å². The Kier molecular flexibility index (Phi) is 6.01. The Morgan fingerprint density at radius 2 is 1.62 bits per heavy atom. The molecule has 0 aliphatic rings. The molecular weight excluding hydrogens is 310 g/mol. The van der Waals surface area contributed by atoms with Crippen molar-refractivity contribution in [3.8, 4) is 0 Å². The zero-order chi connectivity index (χ0) is 17.4. The number of non-ortho nitro benzene ring substituents is 1. The van der Waals surface area contributed by atoms with Crippen LogP contribution < -0.4 is 10.6 Å². The second-order valence-corrected chi connectivity index (χ2v) is 5.07. The van der Waals surface area contributed by atoms with Gasteiger partial charge in [-0.2, -0.15) is 0 Å². The number of carbonyl (C=O) groups is 2. The largest absolute Gasteiger partial charge is 0.354 e. The summed E-state index contributed by atoms with van der Waals surface area (Å²) in [5.41, 5.74) is 1.41. The molecule has 0 aromatic heterocycles. The third-order valence-corrected chi connectivity index (χ3v) is 3.33. The van der Waals surface area contributed by atoms with E-state index in [1.165, 1.54) is 12.1 Å². The van der Waals surface area contributed by atoms with E-state index in [1.54, 1.807) is 36.4 Å². The van der Waals surface area contributed by atoms with E-state index in [0.29, 0.717) is 18.5 Å². The summed E-state index contributed by atoms with van der Waals surface area (Å²) in [6.07, 6.45) is 0.552. The summed E-state index contributed by atoms with van der Waals surface area (Å²) in [7, 11) is 0. The van der Waals surface area contributed by atoms with Crippen molar-refractivity contribution in [3.05, 3.63) is 75.8 Å². The Balaban J connectivity index is 1.69. The molecule has 0 saturated heterocycles. The van der Waals surface area contributed by atoms with Crippen LogP contribution in [0.1, 0.15) is 15.9 Å². The highest BCUT2D eigenvalue weighted by Gasteiger charge is 2.07. The number of carbonyl (C=O) groups excluding carboxylic acids is 2. The monoisotopic (exact) mass is 327 g/mol. The number of benzene rings is 2. The van der Waals surface area contributed by atoms with Gasteiger partial charge >= 0.3 is 0 Å². The maximum Gasteiger partial charge on any atom is 0.269 e. The number of nitrogens with one attached hydrogen (secondary N) is 2. The predicted molar refractivity (Wildman–Crippen MR) is 88.6 cm³/mol. The molecule has 24 heavy (non-hydrogen) atoms. The average Bonchev–Trinajstić information content (AvgIpc) is 2.61. The molecule has 0 aliphatic carbocycles. The summed E-state index contributed by atoms with van der Waals surface area (Å²) in [6.45, 7) is 0.284. The molecule has 0 saturated carbocycles. The van der Waals surface area contributed by atoms with Crippen molar-refractivity contribution in [1.82, 2.24) is 10.6 Å². The van der Waals surface area contributed by atoms with Crippen LogP contribution in [0.25, 0.3) is 0 Å². The van der Waals surface area contributed by atoms with E-state index >= 15 is 0 Å². The van der Waals surface area contributed by atoms with Gasteiger partial charge in [0.05, 0.1) is 11.5 Å². The fourth-order valence-electron chi connectivity index (χ4n) is 2.05. The fourth-order valence-corrected chi connectivity index (χ4v) is 2.05. The highest BCUT2D eigenvalue weighted by atomic mass is 16.6. The first-order chi connectivity index (χ1) is 11.6. The summed E-state index contributed by atoms with van der Waals surface area (Å²) in [5.74, 6) is -0.595. The molecule has 2 aromatic carbocycles. The van der Waals surface area contributed by atoms with E-state index in [4.69, 9.17) is 0 Å². The molecule has 2 rings (SSSR count). The zero-order valence-electron chi connectivity index (χ0n) is 12.9. The Labute approximate surface area is 138 Å². The molecule has 124 valence electrons. The van der Waals surface area contributed by atoms with Crippen LogP contribution in [-0.2, 0) is 11.2 Å². The molecular formula is C17H17N3O4. The lowest BCUT2D eigenvalue weighted by molar-refractivity contribution is -0.384. The maximum atomic E-state index is 11.8. The molecule has 0 bridgehead atoms. The van der Waals surface area contributed by atoms with Crippen molar-refractivity contribution >= 4 is 17.5 Å². The van der Waals surface area contributed by atoms with Gasteiger partial charge in [-0.25, -0.2) is 0 Å². The lowest BCUT2D eigenvalue weighted by Gasteiger charge is -2.07. The molecule has 2 aromatic rings. The number of rotatable bonds is 7. The van der Waals surface area contributed by atoms with E-state index in [1.807, 2.05) is 6.07 Å². The summed E-state index contributed by atoms with van der Waals surface area (Å²) < 4.78 is 0. The first-order valence-corrected chi connectivity index (χ1v) is 7.39.